The zero-order valence-electron chi connectivity index (χ0n) is 30.5. The first-order chi connectivity index (χ1) is 26.2. The predicted octanol–water partition coefficient (Wildman–Crippen LogP) is 5.54. The maximum atomic E-state index is 14.3. The molecule has 16 heteroatoms. The Kier molecular flexibility index (Phi) is 10.8. The Hall–Kier alpha value is -4.34. The molecule has 2 aromatic carbocycles. The third kappa shape index (κ3) is 8.15. The largest absolute Gasteiger partial charge is 0.444 e. The van der Waals surface area contributed by atoms with Gasteiger partial charge in [-0.15, -0.1) is 0 Å². The number of halogens is 2. The Morgan fingerprint density at radius 3 is 2.62 bits per heavy atom. The number of nitrogens with zero attached hydrogens (tertiary/aromatic N) is 3. The number of benzene rings is 2. The molecule has 2 aliphatic carbocycles. The SMILES string of the molecule is CC1(S(=O)(=O)NC(=O)[C@]23CC(=O)[C@@H]4C[C@@H](OC(=O)N5Cc6cccc(F)c6C5)CN4C(=O)[C@@H](N)CCCCC/C=C\[C@@H]2C3)CC1.Clc1nc2ccccc2o1. The number of rotatable bonds is 4. The molecule has 3 aromatic rings. The number of nitrogens with two attached hydrogens (primary N) is 1. The van der Waals surface area contributed by atoms with Gasteiger partial charge in [0.2, 0.25) is 21.8 Å². The molecule has 8 rings (SSSR count). The number of nitrogens with one attached hydrogen (secondary N) is 1. The lowest BCUT2D eigenvalue weighted by molar-refractivity contribution is -0.140. The van der Waals surface area contributed by atoms with Gasteiger partial charge in [0, 0.05) is 24.9 Å². The molecule has 0 bridgehead atoms. The molecule has 1 saturated heterocycles. The fourth-order valence-corrected chi connectivity index (χ4v) is 9.26. The van der Waals surface area contributed by atoms with Gasteiger partial charge in [-0.1, -0.05) is 49.3 Å². The summed E-state index contributed by atoms with van der Waals surface area (Å²) in [5.41, 5.74) is 7.70. The molecule has 1 aromatic heterocycles. The van der Waals surface area contributed by atoms with E-state index in [9.17, 15) is 32.0 Å². The number of aromatic nitrogens is 1. The minimum Gasteiger partial charge on any atom is -0.444 e. The fraction of sp³-hybridized carbons (Fsp3) is 0.513. The molecular formula is C39H45ClFN5O8S. The quantitative estimate of drug-likeness (QED) is 0.318. The maximum absolute atomic E-state index is 14.3. The third-order valence-corrected chi connectivity index (χ3v) is 13.9. The average Bonchev–Trinajstić information content (AvgIpc) is 3.83. The molecule has 4 heterocycles. The van der Waals surface area contributed by atoms with Gasteiger partial charge in [-0.3, -0.25) is 24.0 Å². The van der Waals surface area contributed by atoms with Crippen molar-refractivity contribution in [1.29, 1.82) is 0 Å². The normalized spacial score (nSPS) is 28.1. The van der Waals surface area contributed by atoms with Crippen LogP contribution in [0.15, 0.2) is 59.0 Å². The highest BCUT2D eigenvalue weighted by Gasteiger charge is 2.62. The van der Waals surface area contributed by atoms with E-state index in [2.05, 4.69) is 9.71 Å². The van der Waals surface area contributed by atoms with Gasteiger partial charge < -0.3 is 19.8 Å². The molecule has 5 atom stereocenters. The first-order valence-corrected chi connectivity index (χ1v) is 20.6. The van der Waals surface area contributed by atoms with Crippen LogP contribution >= 0.6 is 11.6 Å². The highest BCUT2D eigenvalue weighted by atomic mass is 35.5. The lowest BCUT2D eigenvalue weighted by Crippen LogP contribution is -2.50. The summed E-state index contributed by atoms with van der Waals surface area (Å²) in [6.45, 7) is 1.79. The van der Waals surface area contributed by atoms with E-state index in [1.54, 1.807) is 19.1 Å². The van der Waals surface area contributed by atoms with Crippen LogP contribution < -0.4 is 10.5 Å². The van der Waals surface area contributed by atoms with Gasteiger partial charge in [0.1, 0.15) is 17.4 Å². The lowest BCUT2D eigenvalue weighted by atomic mass is 9.91. The highest BCUT2D eigenvalue weighted by Crippen LogP contribution is 2.57. The van der Waals surface area contributed by atoms with Crippen molar-refractivity contribution in [2.24, 2.45) is 17.1 Å². The molecule has 5 aliphatic rings. The number of Topliss-reactive ketones (excluding diaryl/α,β-unsaturated/α-hetero) is 1. The molecule has 0 unspecified atom stereocenters. The van der Waals surface area contributed by atoms with E-state index in [1.165, 1.54) is 15.9 Å². The first kappa shape index (κ1) is 38.9. The standard InChI is InChI=1S/C32H41FN4O7S.C7H4ClNO/c1-31(12-13-31)45(42,43)35-29(40)32-15-21(32)9-5-3-2-4-6-11-25(34)28(39)37-18-22(14-26(37)27(38)16-32)44-30(41)36-17-20-8-7-10-24(33)23(20)19-36;8-7-9-5-3-1-2-4-6(5)10-7/h5,7-10,21-22,25-26H,2-4,6,11-19,34H2,1H3,(H,35,40);1-4H/b9-5-;/t21-,22-,25+,26+,32-;/m1./s1. The number of fused-ring (bicyclic) bond motifs is 4. The van der Waals surface area contributed by atoms with Crippen molar-refractivity contribution in [3.63, 3.8) is 0 Å². The molecule has 3 N–H and O–H groups in total. The number of ether oxygens (including phenoxy) is 1. The summed E-state index contributed by atoms with van der Waals surface area (Å²) in [4.78, 5) is 61.0. The van der Waals surface area contributed by atoms with Crippen molar-refractivity contribution in [3.8, 4) is 0 Å². The molecule has 3 fully saturated rings. The second kappa shape index (κ2) is 15.3. The number of sulfonamides is 1. The van der Waals surface area contributed by atoms with Crippen LogP contribution in [-0.4, -0.2) is 76.4 Å². The Morgan fingerprint density at radius 2 is 1.87 bits per heavy atom. The van der Waals surface area contributed by atoms with E-state index in [1.807, 2.05) is 36.4 Å². The Labute approximate surface area is 323 Å². The molecule has 2 saturated carbocycles. The molecule has 3 amide bonds. The van der Waals surface area contributed by atoms with Gasteiger partial charge in [-0.05, 0) is 86.7 Å². The summed E-state index contributed by atoms with van der Waals surface area (Å²) >= 11 is 5.51. The van der Waals surface area contributed by atoms with Crippen molar-refractivity contribution in [1.82, 2.24) is 19.5 Å². The predicted molar refractivity (Wildman–Crippen MR) is 200 cm³/mol. The zero-order chi connectivity index (χ0) is 39.1. The molecule has 294 valence electrons. The van der Waals surface area contributed by atoms with Crippen LogP contribution in [0.2, 0.25) is 5.35 Å². The second-order valence-electron chi connectivity index (χ2n) is 15.6. The van der Waals surface area contributed by atoms with Crippen LogP contribution in [0.25, 0.3) is 11.1 Å². The van der Waals surface area contributed by atoms with Crippen LogP contribution in [0.4, 0.5) is 9.18 Å². The molecule has 13 nitrogen and oxygen atoms in total. The summed E-state index contributed by atoms with van der Waals surface area (Å²) in [6.07, 6.45) is 7.03. The number of carbonyl (C=O) groups is 4. The number of allylic oxidation sites excluding steroid dienone is 2. The van der Waals surface area contributed by atoms with E-state index < -0.39 is 67.9 Å². The number of hydrogen-bond donors (Lipinski definition) is 2. The summed E-state index contributed by atoms with van der Waals surface area (Å²) in [6, 6.07) is 10.3. The second-order valence-corrected chi connectivity index (χ2v) is 18.1. The summed E-state index contributed by atoms with van der Waals surface area (Å²) in [5, 5.41) is 0.196. The number of carbonyl (C=O) groups excluding carboxylic acids is 4. The number of para-hydroxylation sites is 2. The van der Waals surface area contributed by atoms with Crippen LogP contribution in [0.3, 0.4) is 0 Å². The fourth-order valence-electron chi connectivity index (χ4n) is 7.75. The third-order valence-electron chi connectivity index (χ3n) is 11.6. The van der Waals surface area contributed by atoms with Gasteiger partial charge in [0.15, 0.2) is 11.4 Å². The molecule has 3 aliphatic heterocycles. The highest BCUT2D eigenvalue weighted by molar-refractivity contribution is 7.91. The number of amides is 3. The monoisotopic (exact) mass is 797 g/mol. The first-order valence-electron chi connectivity index (χ1n) is 18.7. The molecule has 55 heavy (non-hydrogen) atoms. The Morgan fingerprint density at radius 1 is 1.09 bits per heavy atom. The summed E-state index contributed by atoms with van der Waals surface area (Å²) in [7, 11) is -3.92. The number of hydrogen-bond acceptors (Lipinski definition) is 10. The van der Waals surface area contributed by atoms with Crippen molar-refractivity contribution in [2.45, 2.75) is 107 Å². The van der Waals surface area contributed by atoms with Crippen molar-refractivity contribution < 1.29 is 41.1 Å². The minimum absolute atomic E-state index is 0.0206. The lowest BCUT2D eigenvalue weighted by Gasteiger charge is -2.27. The topological polar surface area (TPSA) is 182 Å². The van der Waals surface area contributed by atoms with Crippen LogP contribution in [0, 0.1) is 17.2 Å². The van der Waals surface area contributed by atoms with Crippen molar-refractivity contribution in [2.75, 3.05) is 6.54 Å². The number of oxazole rings is 1. The summed E-state index contributed by atoms with van der Waals surface area (Å²) in [5.74, 6) is -2.23. The van der Waals surface area contributed by atoms with Gasteiger partial charge in [-0.2, -0.15) is 4.98 Å². The molecule has 0 radical (unpaired) electrons. The van der Waals surface area contributed by atoms with Crippen LogP contribution in [0.5, 0.6) is 0 Å². The van der Waals surface area contributed by atoms with Gasteiger partial charge >= 0.3 is 6.09 Å². The smallest absolute Gasteiger partial charge is 0.410 e. The minimum atomic E-state index is -3.92. The molecule has 0 spiro atoms. The average molecular weight is 798 g/mol. The van der Waals surface area contributed by atoms with E-state index in [4.69, 9.17) is 26.5 Å². The van der Waals surface area contributed by atoms with Crippen molar-refractivity contribution in [3.05, 3.63) is 76.9 Å². The van der Waals surface area contributed by atoms with Gasteiger partial charge in [0.25, 0.3) is 5.35 Å². The van der Waals surface area contributed by atoms with E-state index in [-0.39, 0.29) is 43.7 Å². The van der Waals surface area contributed by atoms with E-state index >= 15 is 0 Å². The Balaban J connectivity index is 0.000000400. The molecular weight excluding hydrogens is 753 g/mol. The number of ketones is 1. The van der Waals surface area contributed by atoms with Crippen LogP contribution in [-0.2, 0) is 42.2 Å². The Bertz CT molecular complexity index is 2110. The maximum Gasteiger partial charge on any atom is 0.410 e. The van der Waals surface area contributed by atoms with Crippen LogP contribution in [0.1, 0.15) is 82.3 Å². The summed E-state index contributed by atoms with van der Waals surface area (Å²) < 4.78 is 52.2. The zero-order valence-corrected chi connectivity index (χ0v) is 32.1. The van der Waals surface area contributed by atoms with Crippen molar-refractivity contribution >= 4 is 56.4 Å². The van der Waals surface area contributed by atoms with Gasteiger partial charge in [0.05, 0.1) is 35.3 Å². The van der Waals surface area contributed by atoms with E-state index in [0.717, 1.165) is 36.8 Å². The van der Waals surface area contributed by atoms with E-state index in [0.29, 0.717) is 36.8 Å². The van der Waals surface area contributed by atoms with Gasteiger partial charge in [-0.25, -0.2) is 17.6 Å².